The zero-order valence-corrected chi connectivity index (χ0v) is 17.8. The summed E-state index contributed by atoms with van der Waals surface area (Å²) in [5.74, 6) is -0.774. The van der Waals surface area contributed by atoms with Crippen LogP contribution < -0.4 is 0 Å². The maximum absolute atomic E-state index is 12.6. The van der Waals surface area contributed by atoms with Crippen molar-refractivity contribution in [3.63, 3.8) is 0 Å². The number of amides is 1. The predicted octanol–water partition coefficient (Wildman–Crippen LogP) is 3.71. The molecule has 9 nitrogen and oxygen atoms in total. The Balaban J connectivity index is 1.40. The molecule has 2 N–H and O–H groups in total. The van der Waals surface area contributed by atoms with Crippen molar-refractivity contribution in [3.8, 4) is 11.3 Å². The summed E-state index contributed by atoms with van der Waals surface area (Å²) >= 11 is 1.31. The van der Waals surface area contributed by atoms with E-state index in [1.165, 1.54) is 41.4 Å². The lowest BCUT2D eigenvalue weighted by atomic mass is 10.1. The second-order valence-corrected chi connectivity index (χ2v) is 8.47. The van der Waals surface area contributed by atoms with E-state index in [0.29, 0.717) is 22.3 Å². The second kappa shape index (κ2) is 8.12. The number of nitrogens with one attached hydrogen (secondary N) is 1. The number of benzene rings is 1. The van der Waals surface area contributed by atoms with Gasteiger partial charge in [0.15, 0.2) is 11.0 Å². The first-order valence-electron chi connectivity index (χ1n) is 10.2. The second-order valence-electron chi connectivity index (χ2n) is 7.54. The van der Waals surface area contributed by atoms with Gasteiger partial charge < -0.3 is 14.4 Å². The molecule has 3 aliphatic heterocycles. The van der Waals surface area contributed by atoms with Crippen LogP contribution in [0.2, 0.25) is 0 Å². The van der Waals surface area contributed by atoms with Crippen LogP contribution in [0.3, 0.4) is 0 Å². The van der Waals surface area contributed by atoms with E-state index in [0.717, 1.165) is 31.1 Å². The number of carboxylic acids is 1. The largest absolute Gasteiger partial charge is 0.478 e. The fraction of sp³-hybridized carbons (Fsp3) is 0.227. The molecule has 2 aromatic rings. The van der Waals surface area contributed by atoms with Crippen molar-refractivity contribution in [2.75, 3.05) is 13.1 Å². The van der Waals surface area contributed by atoms with Crippen molar-refractivity contribution in [3.05, 3.63) is 53.3 Å². The molecule has 0 radical (unpaired) electrons. The number of carbonyl (C=O) groups excluding carboxylic acids is 1. The van der Waals surface area contributed by atoms with Gasteiger partial charge in [-0.25, -0.2) is 4.79 Å². The topological polar surface area (TPSA) is 123 Å². The summed E-state index contributed by atoms with van der Waals surface area (Å²) in [7, 11) is 0. The maximum atomic E-state index is 12.6. The van der Waals surface area contributed by atoms with Crippen molar-refractivity contribution < 1.29 is 19.1 Å². The number of amidine groups is 3. The fourth-order valence-electron chi connectivity index (χ4n) is 3.73. The number of furan rings is 1. The van der Waals surface area contributed by atoms with Gasteiger partial charge in [0.2, 0.25) is 5.17 Å². The van der Waals surface area contributed by atoms with Crippen LogP contribution in [0, 0.1) is 5.41 Å². The average molecular weight is 449 g/mol. The Morgan fingerprint density at radius 3 is 2.75 bits per heavy atom. The smallest absolute Gasteiger partial charge is 0.335 e. The molecule has 1 amide bonds. The molecule has 0 bridgehead atoms. The molecule has 32 heavy (non-hydrogen) atoms. The lowest BCUT2D eigenvalue weighted by Crippen LogP contribution is -2.35. The number of rotatable bonds is 3. The molecule has 0 unspecified atom stereocenters. The number of carbonyl (C=O) groups is 2. The third-order valence-corrected chi connectivity index (χ3v) is 6.35. The van der Waals surface area contributed by atoms with E-state index in [1.807, 2.05) is 0 Å². The molecule has 162 valence electrons. The minimum Gasteiger partial charge on any atom is -0.478 e. The molecule has 0 aliphatic carbocycles. The van der Waals surface area contributed by atoms with Crippen molar-refractivity contribution in [1.82, 2.24) is 9.91 Å². The van der Waals surface area contributed by atoms with E-state index >= 15 is 0 Å². The van der Waals surface area contributed by atoms with Crippen molar-refractivity contribution >= 4 is 45.9 Å². The van der Waals surface area contributed by atoms with Crippen LogP contribution in [0.5, 0.6) is 0 Å². The van der Waals surface area contributed by atoms with Crippen LogP contribution >= 0.6 is 11.8 Å². The van der Waals surface area contributed by atoms with Crippen LogP contribution in [0.1, 0.15) is 35.4 Å². The minimum atomic E-state index is -1.02. The molecule has 1 aromatic heterocycles. The Labute approximate surface area is 187 Å². The van der Waals surface area contributed by atoms with Crippen LogP contribution in [0.15, 0.2) is 56.5 Å². The standard InChI is InChI=1S/C22H19N5O4S/c23-18-16(12-15-7-8-17(31-15)13-5-4-6-14(11-13)20(29)30)19(28)24-21-27(18)25-22(32-21)26-9-2-1-3-10-26/h4-8,11-12,23H,1-3,9-10H2,(H,29,30)/b16-12+,23-18?. The Hall–Kier alpha value is -3.66. The summed E-state index contributed by atoms with van der Waals surface area (Å²) < 4.78 is 5.80. The van der Waals surface area contributed by atoms with Gasteiger partial charge in [0.1, 0.15) is 11.5 Å². The first kappa shape index (κ1) is 20.3. The highest BCUT2D eigenvalue weighted by Gasteiger charge is 2.37. The van der Waals surface area contributed by atoms with E-state index in [9.17, 15) is 14.7 Å². The Morgan fingerprint density at radius 2 is 1.97 bits per heavy atom. The molecule has 0 spiro atoms. The molecule has 1 aromatic carbocycles. The number of likely N-dealkylation sites (tertiary alicyclic amines) is 1. The van der Waals surface area contributed by atoms with Crippen molar-refractivity contribution in [2.45, 2.75) is 19.3 Å². The third-order valence-electron chi connectivity index (χ3n) is 5.38. The number of piperidine rings is 1. The lowest BCUT2D eigenvalue weighted by Gasteiger charge is -2.26. The van der Waals surface area contributed by atoms with Gasteiger partial charge in [-0.2, -0.15) is 10.0 Å². The lowest BCUT2D eigenvalue weighted by molar-refractivity contribution is -0.114. The Morgan fingerprint density at radius 1 is 1.16 bits per heavy atom. The zero-order chi connectivity index (χ0) is 22.2. The molecule has 0 saturated carbocycles. The van der Waals surface area contributed by atoms with Gasteiger partial charge in [0, 0.05) is 18.7 Å². The predicted molar refractivity (Wildman–Crippen MR) is 122 cm³/mol. The number of aromatic carboxylic acids is 1. The molecular weight excluding hydrogens is 430 g/mol. The van der Waals surface area contributed by atoms with Gasteiger partial charge in [-0.05, 0) is 61.4 Å². The van der Waals surface area contributed by atoms with Gasteiger partial charge in [-0.1, -0.05) is 12.1 Å². The van der Waals surface area contributed by atoms with Crippen LogP contribution in [-0.4, -0.2) is 56.2 Å². The van der Waals surface area contributed by atoms with E-state index in [4.69, 9.17) is 9.83 Å². The zero-order valence-electron chi connectivity index (χ0n) is 16.9. The molecular formula is C22H19N5O4S. The highest BCUT2D eigenvalue weighted by Crippen LogP contribution is 2.31. The molecule has 3 aliphatic rings. The number of hydrogen-bond acceptors (Lipinski definition) is 7. The summed E-state index contributed by atoms with van der Waals surface area (Å²) in [5.41, 5.74) is 0.837. The summed E-state index contributed by atoms with van der Waals surface area (Å²) in [5, 5.41) is 24.8. The van der Waals surface area contributed by atoms with Gasteiger partial charge >= 0.3 is 5.97 Å². The van der Waals surface area contributed by atoms with Gasteiger partial charge in [0.05, 0.1) is 11.1 Å². The van der Waals surface area contributed by atoms with Gasteiger partial charge in [-0.15, -0.1) is 5.10 Å². The fourth-order valence-corrected chi connectivity index (χ4v) is 4.67. The number of hydrogen-bond donors (Lipinski definition) is 2. The van der Waals surface area contributed by atoms with Crippen LogP contribution in [0.25, 0.3) is 17.4 Å². The monoisotopic (exact) mass is 449 g/mol. The van der Waals surface area contributed by atoms with E-state index < -0.39 is 11.9 Å². The SMILES string of the molecule is N=C1/C(=C\c2ccc(-c3cccc(C(=O)O)c3)o2)C(=O)N=C2SC(N3CCCCC3)=NN12. The molecule has 5 rings (SSSR count). The normalized spacial score (nSPS) is 19.8. The number of aliphatic imine (C=N–C) groups is 1. The molecule has 4 heterocycles. The van der Waals surface area contributed by atoms with Crippen LogP contribution in [-0.2, 0) is 4.79 Å². The van der Waals surface area contributed by atoms with E-state index in [2.05, 4.69) is 15.0 Å². The number of carboxylic acid groups (broad SMARTS) is 1. The Bertz CT molecular complexity index is 1220. The number of fused-ring (bicyclic) bond motifs is 1. The quantitative estimate of drug-likeness (QED) is 0.685. The molecule has 10 heteroatoms. The highest BCUT2D eigenvalue weighted by molar-refractivity contribution is 8.26. The third kappa shape index (κ3) is 3.73. The van der Waals surface area contributed by atoms with Crippen molar-refractivity contribution in [1.29, 1.82) is 5.41 Å². The minimum absolute atomic E-state index is 0.0506. The number of thioether (sulfide) groups is 1. The molecule has 1 fully saturated rings. The van der Waals surface area contributed by atoms with Crippen LogP contribution in [0.4, 0.5) is 0 Å². The first-order chi connectivity index (χ1) is 15.5. The first-order valence-corrected chi connectivity index (χ1v) is 11.0. The van der Waals surface area contributed by atoms with E-state index in [1.54, 1.807) is 24.3 Å². The van der Waals surface area contributed by atoms with Crippen molar-refractivity contribution in [2.24, 2.45) is 10.1 Å². The summed E-state index contributed by atoms with van der Waals surface area (Å²) in [6.07, 6.45) is 4.87. The van der Waals surface area contributed by atoms with E-state index in [-0.39, 0.29) is 17.0 Å². The highest BCUT2D eigenvalue weighted by atomic mass is 32.2. The number of hydrazone groups is 1. The summed E-state index contributed by atoms with van der Waals surface area (Å²) in [4.78, 5) is 30.1. The van der Waals surface area contributed by atoms with Gasteiger partial charge in [-0.3, -0.25) is 10.2 Å². The summed E-state index contributed by atoms with van der Waals surface area (Å²) in [6.45, 7) is 1.82. The maximum Gasteiger partial charge on any atom is 0.335 e. The van der Waals surface area contributed by atoms with Gasteiger partial charge in [0.25, 0.3) is 5.91 Å². The Kier molecular flexibility index (Phi) is 5.14. The molecule has 1 saturated heterocycles. The summed E-state index contributed by atoms with van der Waals surface area (Å²) in [6, 6.07) is 9.75. The number of nitrogens with zero attached hydrogens (tertiary/aromatic N) is 4. The molecule has 0 atom stereocenters. The average Bonchev–Trinajstić information content (AvgIpc) is 3.45.